The van der Waals surface area contributed by atoms with Gasteiger partial charge in [-0.25, -0.2) is 0 Å². The fourth-order valence-electron chi connectivity index (χ4n) is 7.26. The Morgan fingerprint density at radius 3 is 0.419 bits per heavy atom. The van der Waals surface area contributed by atoms with Gasteiger partial charge in [0.2, 0.25) is 0 Å². The molecule has 0 unspecified atom stereocenters. The first-order valence-corrected chi connectivity index (χ1v) is 21.2. The predicted molar refractivity (Wildman–Crippen MR) is 138 cm³/mol. The zero-order chi connectivity index (χ0) is 24.4. The molecule has 0 spiro atoms. The van der Waals surface area contributed by atoms with Crippen molar-refractivity contribution in [2.45, 2.75) is 83.1 Å². The summed E-state index contributed by atoms with van der Waals surface area (Å²) in [6.07, 6.45) is 0. The molecular weight excluding hydrogens is 556 g/mol. The average molecular weight is 617 g/mol. The summed E-state index contributed by atoms with van der Waals surface area (Å²) in [6, 6.07) is 0. The summed E-state index contributed by atoms with van der Waals surface area (Å²) in [5.74, 6) is 0. The summed E-state index contributed by atoms with van der Waals surface area (Å²) in [4.78, 5) is 0. The molecule has 0 atom stereocenters. The molecular formula is C24H60N6W. The molecule has 0 fully saturated rings. The Bertz CT molecular complexity index is 362. The molecule has 0 aromatic carbocycles. The molecule has 0 aromatic rings. The molecule has 0 saturated carbocycles. The van der Waals surface area contributed by atoms with Crippen LogP contribution in [0.25, 0.3) is 0 Å². The van der Waals surface area contributed by atoms with Crippen molar-refractivity contribution in [1.82, 2.24) is 20.8 Å². The molecule has 6 nitrogen and oxygen atoms in total. The molecule has 0 aromatic heterocycles. The van der Waals surface area contributed by atoms with Gasteiger partial charge in [-0.05, 0) is 0 Å². The Balaban J connectivity index is 8.81. The molecule has 0 amide bonds. The van der Waals surface area contributed by atoms with Crippen molar-refractivity contribution in [1.29, 1.82) is 0 Å². The van der Waals surface area contributed by atoms with Gasteiger partial charge in [-0.2, -0.15) is 0 Å². The van der Waals surface area contributed by atoms with Crippen molar-refractivity contribution >= 4 is 0 Å². The molecule has 7 heteroatoms. The topological polar surface area (TPSA) is 19.4 Å². The zero-order valence-electron chi connectivity index (χ0n) is 23.6. The second-order valence-electron chi connectivity index (χ2n) is 7.91. The Labute approximate surface area is 197 Å². The molecule has 0 heterocycles. The fourth-order valence-corrected chi connectivity index (χ4v) is 49.7. The van der Waals surface area contributed by atoms with E-state index in [1.54, 1.807) is 0 Å². The van der Waals surface area contributed by atoms with Crippen LogP contribution in [0.4, 0.5) is 0 Å². The van der Waals surface area contributed by atoms with Gasteiger partial charge in [-0.1, -0.05) is 0 Å². The van der Waals surface area contributed by atoms with Gasteiger partial charge in [0.25, 0.3) is 0 Å². The van der Waals surface area contributed by atoms with E-state index in [0.717, 1.165) is 78.5 Å². The molecule has 0 saturated heterocycles. The van der Waals surface area contributed by atoms with Crippen LogP contribution in [-0.2, 0) is 15.1 Å². The van der Waals surface area contributed by atoms with Gasteiger partial charge >= 0.3 is 197 Å². The van der Waals surface area contributed by atoms with Gasteiger partial charge in [0.05, 0.1) is 0 Å². The van der Waals surface area contributed by atoms with E-state index in [1.165, 1.54) is 0 Å². The summed E-state index contributed by atoms with van der Waals surface area (Å²) in [7, 11) is 0. The van der Waals surface area contributed by atoms with Crippen molar-refractivity contribution in [3.8, 4) is 0 Å². The van der Waals surface area contributed by atoms with Crippen LogP contribution in [0, 0.1) is 0 Å². The molecule has 0 radical (unpaired) electrons. The van der Waals surface area contributed by atoms with Crippen molar-refractivity contribution in [2.24, 2.45) is 0 Å². The minimum atomic E-state index is -5.23. The zero-order valence-corrected chi connectivity index (χ0v) is 26.5. The second kappa shape index (κ2) is 12.8. The number of hydrogen-bond donors (Lipinski definition) is 0. The quantitative estimate of drug-likeness (QED) is 0.220. The van der Waals surface area contributed by atoms with Crippen LogP contribution in [0.5, 0.6) is 0 Å². The van der Waals surface area contributed by atoms with Crippen LogP contribution in [0.3, 0.4) is 0 Å². The van der Waals surface area contributed by atoms with Crippen molar-refractivity contribution in [3.63, 3.8) is 0 Å². The summed E-state index contributed by atoms with van der Waals surface area (Å²) in [5, 5.41) is 0. The third-order valence-electron chi connectivity index (χ3n) is 7.70. The van der Waals surface area contributed by atoms with E-state index in [9.17, 15) is 0 Å². The van der Waals surface area contributed by atoms with Gasteiger partial charge in [-0.3, -0.25) is 0 Å². The van der Waals surface area contributed by atoms with E-state index in [2.05, 4.69) is 104 Å². The summed E-state index contributed by atoms with van der Waals surface area (Å²) in [5.41, 5.74) is 0. The first-order chi connectivity index (χ1) is 14.8. The molecule has 0 N–H and O–H groups in total. The van der Waals surface area contributed by atoms with E-state index in [-0.39, 0.29) is 0 Å². The first kappa shape index (κ1) is 31.4. The third-order valence-corrected chi connectivity index (χ3v) is 43.7. The maximum absolute atomic E-state index is 5.23. The van der Waals surface area contributed by atoms with Crippen LogP contribution >= 0.6 is 0 Å². The number of nitrogens with zero attached hydrogens (tertiary/aromatic N) is 6. The monoisotopic (exact) mass is 616 g/mol. The Morgan fingerprint density at radius 2 is 0.355 bits per heavy atom. The van der Waals surface area contributed by atoms with Crippen LogP contribution in [0.1, 0.15) is 83.1 Å². The van der Waals surface area contributed by atoms with Crippen molar-refractivity contribution < 1.29 is 15.1 Å². The second-order valence-corrected chi connectivity index (χ2v) is 27.8. The van der Waals surface area contributed by atoms with E-state index >= 15 is 0 Å². The van der Waals surface area contributed by atoms with Gasteiger partial charge < -0.3 is 0 Å². The van der Waals surface area contributed by atoms with Crippen molar-refractivity contribution in [3.05, 3.63) is 0 Å². The molecule has 192 valence electrons. The van der Waals surface area contributed by atoms with Gasteiger partial charge in [0.1, 0.15) is 0 Å². The molecule has 0 aliphatic heterocycles. The Hall–Kier alpha value is 0.448. The number of rotatable bonds is 18. The van der Waals surface area contributed by atoms with E-state index in [1.807, 2.05) is 0 Å². The Kier molecular flexibility index (Phi) is 13.0. The van der Waals surface area contributed by atoms with E-state index in [0.29, 0.717) is 0 Å². The summed E-state index contributed by atoms with van der Waals surface area (Å²) >= 11 is -5.23. The van der Waals surface area contributed by atoms with Crippen molar-refractivity contribution in [2.75, 3.05) is 78.5 Å². The van der Waals surface area contributed by atoms with E-state index in [4.69, 9.17) is 0 Å². The third kappa shape index (κ3) is 3.46. The Morgan fingerprint density at radius 1 is 0.258 bits per heavy atom. The average Bonchev–Trinajstić information content (AvgIpc) is 2.78. The number of hydrogen-bond acceptors (Lipinski definition) is 6. The molecule has 0 aliphatic carbocycles. The van der Waals surface area contributed by atoms with Crippen LogP contribution in [0.15, 0.2) is 0 Å². The first-order valence-electron chi connectivity index (χ1n) is 13.4. The fraction of sp³-hybridized carbons (Fsp3) is 1.00. The van der Waals surface area contributed by atoms with Crippen LogP contribution in [0.2, 0.25) is 0 Å². The molecule has 0 bridgehead atoms. The SMILES string of the molecule is CC[N](CC)[W]([N](CC)CC)([N](CC)CC)([N](CC)CC)([N](CC)CC)[N](CC)CC. The van der Waals surface area contributed by atoms with E-state index < -0.39 is 15.1 Å². The molecule has 0 rings (SSSR count). The predicted octanol–water partition coefficient (Wildman–Crippen LogP) is 4.75. The van der Waals surface area contributed by atoms with Crippen LogP contribution < -0.4 is 0 Å². The summed E-state index contributed by atoms with van der Waals surface area (Å²) < 4.78 is 18.0. The van der Waals surface area contributed by atoms with Crippen LogP contribution in [-0.4, -0.2) is 99.3 Å². The minimum absolute atomic E-state index is 1.06. The molecule has 0 aliphatic rings. The maximum atomic E-state index is 2.99. The standard InChI is InChI=1S/6C4H10N.W/c6*1-3-5-4-2;/h6*3-4H2,1-2H3;/q6*-1;+6. The molecule has 31 heavy (non-hydrogen) atoms. The normalized spacial score (nSPS) is 15.7. The van der Waals surface area contributed by atoms with Gasteiger partial charge in [0, 0.05) is 0 Å². The van der Waals surface area contributed by atoms with Gasteiger partial charge in [0.15, 0.2) is 0 Å². The summed E-state index contributed by atoms with van der Waals surface area (Å²) in [6.45, 7) is 41.5. The van der Waals surface area contributed by atoms with Gasteiger partial charge in [-0.15, -0.1) is 0 Å².